The minimum absolute atomic E-state index is 0.0917. The highest BCUT2D eigenvalue weighted by molar-refractivity contribution is 7.16. The Hall–Kier alpha value is -2.27. The van der Waals surface area contributed by atoms with Crippen LogP contribution < -0.4 is 4.80 Å². The van der Waals surface area contributed by atoms with Crippen LogP contribution in [0.5, 0.6) is 0 Å². The Balaban J connectivity index is 1.97. The van der Waals surface area contributed by atoms with Crippen LogP contribution in [-0.4, -0.2) is 10.4 Å². The van der Waals surface area contributed by atoms with Crippen molar-refractivity contribution in [2.24, 2.45) is 0 Å². The number of halogens is 1. The molecule has 1 aromatic heterocycles. The maximum Gasteiger partial charge on any atom is 0.183 e. The molecule has 0 aliphatic heterocycles. The summed E-state index contributed by atoms with van der Waals surface area (Å²) in [7, 11) is 0. The van der Waals surface area contributed by atoms with Gasteiger partial charge in [0, 0.05) is 5.56 Å². The van der Waals surface area contributed by atoms with Crippen LogP contribution in [0.2, 0.25) is 0 Å². The molecule has 2 aromatic carbocycles. The van der Waals surface area contributed by atoms with E-state index in [1.165, 1.54) is 35.6 Å². The minimum Gasteiger partial charge on any atom is -0.309 e. The first kappa shape index (κ1) is 12.7. The number of nitrogens with zero attached hydrogens (tertiary/aromatic N) is 1. The standard InChI is InChI=1S/C15H11FN2OS/c16-11-7-5-10(6-8-11)13(19)9-18-12-3-1-2-4-14(12)20-15(18)17/h1-8,17H,9H2. The van der Waals surface area contributed by atoms with E-state index in [0.717, 1.165) is 10.2 Å². The molecule has 3 aromatic rings. The second-order valence-corrected chi connectivity index (χ2v) is 5.42. The van der Waals surface area contributed by atoms with Gasteiger partial charge in [0.2, 0.25) is 0 Å². The Morgan fingerprint density at radius 2 is 1.85 bits per heavy atom. The molecule has 0 spiro atoms. The number of fused-ring (bicyclic) bond motifs is 1. The topological polar surface area (TPSA) is 45.9 Å². The van der Waals surface area contributed by atoms with Crippen LogP contribution in [0.1, 0.15) is 10.4 Å². The third kappa shape index (κ3) is 2.28. The molecular formula is C15H11FN2OS. The number of hydrogen-bond donors (Lipinski definition) is 1. The van der Waals surface area contributed by atoms with Gasteiger partial charge in [-0.05, 0) is 36.4 Å². The summed E-state index contributed by atoms with van der Waals surface area (Å²) in [5.74, 6) is -0.497. The third-order valence-corrected chi connectivity index (χ3v) is 4.05. The van der Waals surface area contributed by atoms with Crippen LogP contribution in [0.3, 0.4) is 0 Å². The number of hydrogen-bond acceptors (Lipinski definition) is 3. The van der Waals surface area contributed by atoms with Gasteiger partial charge in [-0.3, -0.25) is 10.2 Å². The SMILES string of the molecule is N=c1sc2ccccc2n1CC(=O)c1ccc(F)cc1. The molecule has 0 saturated carbocycles. The van der Waals surface area contributed by atoms with Crippen LogP contribution in [0.4, 0.5) is 4.39 Å². The molecule has 1 N–H and O–H groups in total. The highest BCUT2D eigenvalue weighted by atomic mass is 32.1. The number of rotatable bonds is 3. The number of ketones is 1. The lowest BCUT2D eigenvalue weighted by atomic mass is 10.1. The fraction of sp³-hybridized carbons (Fsp3) is 0.0667. The number of Topliss-reactive ketones (excluding diaryl/α,β-unsaturated/α-hetero) is 1. The van der Waals surface area contributed by atoms with Crippen molar-refractivity contribution in [3.63, 3.8) is 0 Å². The lowest BCUT2D eigenvalue weighted by molar-refractivity contribution is 0.0972. The van der Waals surface area contributed by atoms with E-state index in [9.17, 15) is 9.18 Å². The van der Waals surface area contributed by atoms with Gasteiger partial charge in [-0.2, -0.15) is 0 Å². The molecule has 1 heterocycles. The van der Waals surface area contributed by atoms with Crippen molar-refractivity contribution in [3.05, 3.63) is 64.7 Å². The van der Waals surface area contributed by atoms with E-state index < -0.39 is 0 Å². The Kier molecular flexibility index (Phi) is 3.20. The van der Waals surface area contributed by atoms with Gasteiger partial charge < -0.3 is 4.57 Å². The zero-order valence-corrected chi connectivity index (χ0v) is 11.3. The van der Waals surface area contributed by atoms with Gasteiger partial charge >= 0.3 is 0 Å². The van der Waals surface area contributed by atoms with Crippen LogP contribution >= 0.6 is 11.3 Å². The normalized spacial score (nSPS) is 10.8. The van der Waals surface area contributed by atoms with Crippen LogP contribution in [0.25, 0.3) is 10.2 Å². The summed E-state index contributed by atoms with van der Waals surface area (Å²) >= 11 is 1.34. The Bertz CT molecular complexity index is 833. The summed E-state index contributed by atoms with van der Waals surface area (Å²) in [6.45, 7) is 0.0917. The molecule has 3 nitrogen and oxygen atoms in total. The Morgan fingerprint density at radius 3 is 2.60 bits per heavy atom. The summed E-state index contributed by atoms with van der Waals surface area (Å²) in [5, 5.41) is 7.96. The Morgan fingerprint density at radius 1 is 1.15 bits per heavy atom. The van der Waals surface area contributed by atoms with Crippen molar-refractivity contribution in [1.29, 1.82) is 5.41 Å². The molecule has 0 radical (unpaired) electrons. The number of nitrogens with one attached hydrogen (secondary N) is 1. The summed E-state index contributed by atoms with van der Waals surface area (Å²) < 4.78 is 15.5. The van der Waals surface area contributed by atoms with Crippen molar-refractivity contribution in [3.8, 4) is 0 Å². The average Bonchev–Trinajstić information content (AvgIpc) is 2.76. The van der Waals surface area contributed by atoms with Gasteiger partial charge in [-0.1, -0.05) is 23.5 Å². The fourth-order valence-electron chi connectivity index (χ4n) is 2.06. The average molecular weight is 286 g/mol. The smallest absolute Gasteiger partial charge is 0.183 e. The van der Waals surface area contributed by atoms with Crippen LogP contribution in [0.15, 0.2) is 48.5 Å². The van der Waals surface area contributed by atoms with Crippen molar-refractivity contribution in [1.82, 2.24) is 4.57 Å². The van der Waals surface area contributed by atoms with Gasteiger partial charge in [0.05, 0.1) is 16.8 Å². The van der Waals surface area contributed by atoms with Gasteiger partial charge in [0.15, 0.2) is 10.6 Å². The maximum atomic E-state index is 12.9. The summed E-state index contributed by atoms with van der Waals surface area (Å²) in [6.07, 6.45) is 0. The van der Waals surface area contributed by atoms with Crippen molar-refractivity contribution in [2.75, 3.05) is 0 Å². The molecule has 100 valence electrons. The number of aromatic nitrogens is 1. The van der Waals surface area contributed by atoms with E-state index in [4.69, 9.17) is 5.41 Å². The third-order valence-electron chi connectivity index (χ3n) is 3.08. The lowest BCUT2D eigenvalue weighted by Crippen LogP contribution is -2.19. The maximum absolute atomic E-state index is 12.9. The van der Waals surface area contributed by atoms with Gasteiger partial charge in [-0.25, -0.2) is 4.39 Å². The monoisotopic (exact) mass is 286 g/mol. The van der Waals surface area contributed by atoms with Crippen LogP contribution in [-0.2, 0) is 6.54 Å². The number of thiazole rings is 1. The van der Waals surface area contributed by atoms with Crippen molar-refractivity contribution < 1.29 is 9.18 Å². The lowest BCUT2D eigenvalue weighted by Gasteiger charge is -2.04. The number of carbonyl (C=O) groups is 1. The molecule has 0 atom stereocenters. The van der Waals surface area contributed by atoms with E-state index in [1.807, 2.05) is 24.3 Å². The molecule has 0 unspecified atom stereocenters. The summed E-state index contributed by atoms with van der Waals surface area (Å²) in [4.78, 5) is 12.5. The molecule has 20 heavy (non-hydrogen) atoms. The van der Waals surface area contributed by atoms with E-state index in [2.05, 4.69) is 0 Å². The molecule has 5 heteroatoms. The Labute approximate surface area is 118 Å². The fourth-order valence-corrected chi connectivity index (χ4v) is 2.97. The number of carbonyl (C=O) groups excluding carboxylic acids is 1. The predicted octanol–water partition coefficient (Wildman–Crippen LogP) is 3.20. The zero-order valence-electron chi connectivity index (χ0n) is 10.5. The van der Waals surface area contributed by atoms with E-state index >= 15 is 0 Å². The summed E-state index contributed by atoms with van der Waals surface area (Å²) in [6, 6.07) is 13.1. The van der Waals surface area contributed by atoms with Crippen molar-refractivity contribution >= 4 is 27.3 Å². The molecular weight excluding hydrogens is 275 g/mol. The molecule has 0 saturated heterocycles. The van der Waals surface area contributed by atoms with Gasteiger partial charge in [0.25, 0.3) is 0 Å². The highest BCUT2D eigenvalue weighted by Crippen LogP contribution is 2.17. The van der Waals surface area contributed by atoms with Gasteiger partial charge in [-0.15, -0.1) is 0 Å². The molecule has 0 amide bonds. The second-order valence-electron chi connectivity index (χ2n) is 4.39. The highest BCUT2D eigenvalue weighted by Gasteiger charge is 2.11. The van der Waals surface area contributed by atoms with E-state index in [1.54, 1.807) is 4.57 Å². The largest absolute Gasteiger partial charge is 0.309 e. The minimum atomic E-state index is -0.364. The van der Waals surface area contributed by atoms with Crippen LogP contribution in [0, 0.1) is 11.2 Å². The van der Waals surface area contributed by atoms with E-state index in [0.29, 0.717) is 10.4 Å². The molecule has 3 rings (SSSR count). The molecule has 0 bridgehead atoms. The first-order valence-electron chi connectivity index (χ1n) is 6.07. The molecule has 0 fully saturated rings. The first-order valence-corrected chi connectivity index (χ1v) is 6.88. The van der Waals surface area contributed by atoms with E-state index in [-0.39, 0.29) is 18.1 Å². The first-order chi connectivity index (χ1) is 9.65. The molecule has 0 aliphatic rings. The molecule has 0 aliphatic carbocycles. The van der Waals surface area contributed by atoms with Gasteiger partial charge in [0.1, 0.15) is 5.82 Å². The number of para-hydroxylation sites is 1. The summed E-state index contributed by atoms with van der Waals surface area (Å²) in [5.41, 5.74) is 1.33. The second kappa shape index (κ2) is 5.02. The zero-order chi connectivity index (χ0) is 14.1. The van der Waals surface area contributed by atoms with Crippen molar-refractivity contribution in [2.45, 2.75) is 6.54 Å². The predicted molar refractivity (Wildman–Crippen MR) is 76.4 cm³/mol. The quantitative estimate of drug-likeness (QED) is 0.738. The number of benzene rings is 2.